The second-order valence-corrected chi connectivity index (χ2v) is 1.64. The lowest BCUT2D eigenvalue weighted by molar-refractivity contribution is -0.115. The van der Waals surface area contributed by atoms with Crippen LogP contribution in [0.25, 0.3) is 0 Å². The molecule has 0 spiro atoms. The summed E-state index contributed by atoms with van der Waals surface area (Å²) in [6, 6.07) is 0. The van der Waals surface area contributed by atoms with E-state index >= 15 is 0 Å². The third kappa shape index (κ3) is 1.27. The number of Topliss-reactive ketones (excluding diaryl/α,β-unsaturated/α-hetero) is 1. The minimum absolute atomic E-state index is 0.228. The maximum absolute atomic E-state index is 10.3. The number of nitrogens with one attached hydrogen (secondary N) is 1. The summed E-state index contributed by atoms with van der Waals surface area (Å²) in [6.45, 7) is 1.51. The Morgan fingerprint density at radius 3 is 2.86 bits per heavy atom. The van der Waals surface area contributed by atoms with E-state index in [0.717, 1.165) is 13.0 Å². The first-order valence-electron chi connectivity index (χ1n) is 2.46. The predicted octanol–water partition coefficient (Wildman–Crippen LogP) is -0.247. The second-order valence-electron chi connectivity index (χ2n) is 1.64. The molecule has 1 rings (SSSR count). The van der Waals surface area contributed by atoms with Gasteiger partial charge in [-0.25, -0.2) is 0 Å². The minimum atomic E-state index is 0.228. The van der Waals surface area contributed by atoms with Crippen LogP contribution in [0, 0.1) is 6.42 Å². The Hall–Kier alpha value is -0.370. The van der Waals surface area contributed by atoms with E-state index in [4.69, 9.17) is 0 Å². The Kier molecular flexibility index (Phi) is 1.42. The van der Waals surface area contributed by atoms with Crippen molar-refractivity contribution in [1.29, 1.82) is 0 Å². The SMILES string of the molecule is O=C1[CH]CCNC1. The van der Waals surface area contributed by atoms with Crippen molar-refractivity contribution < 1.29 is 4.79 Å². The Labute approximate surface area is 42.9 Å². The molecule has 0 bridgehead atoms. The van der Waals surface area contributed by atoms with Crippen molar-refractivity contribution in [3.8, 4) is 0 Å². The third-order valence-corrected chi connectivity index (χ3v) is 0.992. The molecular formula is C5H8NO. The van der Waals surface area contributed by atoms with Gasteiger partial charge in [0.1, 0.15) is 5.78 Å². The zero-order chi connectivity index (χ0) is 5.11. The van der Waals surface area contributed by atoms with Crippen LogP contribution in [0.3, 0.4) is 0 Å². The van der Waals surface area contributed by atoms with E-state index in [1.54, 1.807) is 6.42 Å². The summed E-state index contributed by atoms with van der Waals surface area (Å²) in [5.41, 5.74) is 0. The average Bonchev–Trinajstić information content (AvgIpc) is 1.69. The lowest BCUT2D eigenvalue weighted by atomic mass is 10.1. The molecule has 39 valence electrons. The quantitative estimate of drug-likeness (QED) is 0.452. The molecule has 0 aliphatic carbocycles. The lowest BCUT2D eigenvalue weighted by Crippen LogP contribution is -2.29. The van der Waals surface area contributed by atoms with E-state index < -0.39 is 0 Å². The lowest BCUT2D eigenvalue weighted by Gasteiger charge is -2.07. The molecule has 0 aromatic rings. The molecule has 1 aliphatic heterocycles. The molecule has 1 radical (unpaired) electrons. The summed E-state index contributed by atoms with van der Waals surface area (Å²) in [5, 5.41) is 2.95. The maximum Gasteiger partial charge on any atom is 0.150 e. The topological polar surface area (TPSA) is 29.1 Å². The minimum Gasteiger partial charge on any atom is -0.310 e. The van der Waals surface area contributed by atoms with Crippen molar-refractivity contribution in [3.63, 3.8) is 0 Å². The number of carbonyl (C=O) groups is 1. The van der Waals surface area contributed by atoms with E-state index in [-0.39, 0.29) is 5.78 Å². The molecule has 0 amide bonds. The molecule has 1 fully saturated rings. The average molecular weight is 98.1 g/mol. The van der Waals surface area contributed by atoms with Gasteiger partial charge in [-0.05, 0) is 13.0 Å². The first-order valence-corrected chi connectivity index (χ1v) is 2.46. The maximum atomic E-state index is 10.3. The molecule has 2 heteroatoms. The van der Waals surface area contributed by atoms with E-state index in [1.807, 2.05) is 0 Å². The van der Waals surface area contributed by atoms with Crippen molar-refractivity contribution in [2.75, 3.05) is 13.1 Å². The molecule has 0 aromatic heterocycles. The first kappa shape index (κ1) is 4.78. The number of piperidine rings is 1. The van der Waals surface area contributed by atoms with Crippen molar-refractivity contribution in [1.82, 2.24) is 5.32 Å². The van der Waals surface area contributed by atoms with Crippen LogP contribution in [0.4, 0.5) is 0 Å². The zero-order valence-corrected chi connectivity index (χ0v) is 4.11. The summed E-state index contributed by atoms with van der Waals surface area (Å²) in [5.74, 6) is 0.228. The van der Waals surface area contributed by atoms with Crippen molar-refractivity contribution in [2.45, 2.75) is 6.42 Å². The fourth-order valence-corrected chi connectivity index (χ4v) is 0.619. The molecule has 1 saturated heterocycles. The highest BCUT2D eigenvalue weighted by Crippen LogP contribution is 1.91. The first-order chi connectivity index (χ1) is 3.39. The van der Waals surface area contributed by atoms with Gasteiger partial charge in [-0.3, -0.25) is 4.79 Å². The van der Waals surface area contributed by atoms with E-state index in [9.17, 15) is 4.79 Å². The molecule has 1 aliphatic rings. The summed E-state index contributed by atoms with van der Waals surface area (Å²) < 4.78 is 0. The van der Waals surface area contributed by atoms with Crippen LogP contribution in [0.2, 0.25) is 0 Å². The standard InChI is InChI=1S/C5H8NO/c7-5-2-1-3-6-4-5/h2,6H,1,3-4H2. The van der Waals surface area contributed by atoms with Crippen LogP contribution >= 0.6 is 0 Å². The highest BCUT2D eigenvalue weighted by Gasteiger charge is 2.05. The van der Waals surface area contributed by atoms with Crippen LogP contribution in [0.15, 0.2) is 0 Å². The van der Waals surface area contributed by atoms with Crippen LogP contribution in [0.5, 0.6) is 0 Å². The van der Waals surface area contributed by atoms with Gasteiger partial charge in [0.25, 0.3) is 0 Å². The molecule has 1 N–H and O–H groups in total. The van der Waals surface area contributed by atoms with Crippen molar-refractivity contribution in [2.24, 2.45) is 0 Å². The van der Waals surface area contributed by atoms with Gasteiger partial charge in [-0.15, -0.1) is 0 Å². The highest BCUT2D eigenvalue weighted by atomic mass is 16.1. The Morgan fingerprint density at radius 1 is 1.71 bits per heavy atom. The Bertz CT molecular complexity index is 72.1. The third-order valence-electron chi connectivity index (χ3n) is 0.992. The Morgan fingerprint density at radius 2 is 2.57 bits per heavy atom. The summed E-state index contributed by atoms with van der Waals surface area (Å²) >= 11 is 0. The highest BCUT2D eigenvalue weighted by molar-refractivity contribution is 5.89. The van der Waals surface area contributed by atoms with Gasteiger partial charge in [-0.2, -0.15) is 0 Å². The van der Waals surface area contributed by atoms with Gasteiger partial charge in [0.15, 0.2) is 0 Å². The van der Waals surface area contributed by atoms with E-state index in [2.05, 4.69) is 5.32 Å². The molecule has 0 unspecified atom stereocenters. The number of ketones is 1. The van der Waals surface area contributed by atoms with Gasteiger partial charge in [0.05, 0.1) is 6.54 Å². The monoisotopic (exact) mass is 98.1 g/mol. The normalized spacial score (nSPS) is 22.6. The molecule has 0 atom stereocenters. The summed E-state index contributed by atoms with van der Waals surface area (Å²) in [4.78, 5) is 10.3. The molecular weight excluding hydrogens is 90.1 g/mol. The van der Waals surface area contributed by atoms with E-state index in [0.29, 0.717) is 6.54 Å². The molecule has 7 heavy (non-hydrogen) atoms. The number of hydrogen-bond acceptors (Lipinski definition) is 2. The Balaban J connectivity index is 2.25. The fourth-order valence-electron chi connectivity index (χ4n) is 0.619. The molecule has 1 heterocycles. The molecule has 0 aromatic carbocycles. The van der Waals surface area contributed by atoms with Crippen molar-refractivity contribution in [3.05, 3.63) is 6.42 Å². The number of rotatable bonds is 0. The summed E-state index contributed by atoms with van der Waals surface area (Å²) in [6.07, 6.45) is 2.63. The van der Waals surface area contributed by atoms with Crippen LogP contribution in [0.1, 0.15) is 6.42 Å². The predicted molar refractivity (Wildman–Crippen MR) is 26.8 cm³/mol. The zero-order valence-electron chi connectivity index (χ0n) is 4.11. The largest absolute Gasteiger partial charge is 0.310 e. The molecule has 2 nitrogen and oxygen atoms in total. The summed E-state index contributed by atoms with van der Waals surface area (Å²) in [7, 11) is 0. The van der Waals surface area contributed by atoms with Gasteiger partial charge in [-0.1, -0.05) is 0 Å². The van der Waals surface area contributed by atoms with Crippen LogP contribution in [-0.4, -0.2) is 18.9 Å². The van der Waals surface area contributed by atoms with Crippen LogP contribution < -0.4 is 5.32 Å². The van der Waals surface area contributed by atoms with Crippen LogP contribution in [-0.2, 0) is 4.79 Å². The number of hydrogen-bond donors (Lipinski definition) is 1. The van der Waals surface area contributed by atoms with Gasteiger partial charge in [0.2, 0.25) is 0 Å². The van der Waals surface area contributed by atoms with Crippen molar-refractivity contribution >= 4 is 5.78 Å². The van der Waals surface area contributed by atoms with E-state index in [1.165, 1.54) is 0 Å². The second kappa shape index (κ2) is 2.07. The van der Waals surface area contributed by atoms with Gasteiger partial charge in [0, 0.05) is 6.42 Å². The number of carbonyl (C=O) groups excluding carboxylic acids is 1. The molecule has 0 saturated carbocycles. The fraction of sp³-hybridized carbons (Fsp3) is 0.600. The van der Waals surface area contributed by atoms with Gasteiger partial charge >= 0.3 is 0 Å². The smallest absolute Gasteiger partial charge is 0.150 e. The van der Waals surface area contributed by atoms with Gasteiger partial charge < -0.3 is 5.32 Å².